The first-order chi connectivity index (χ1) is 14.2. The number of aliphatic hydroxyl groups is 1. The molecule has 0 bridgehead atoms. The second-order valence-electron chi connectivity index (χ2n) is 6.31. The smallest absolute Gasteiger partial charge is 0.541 e. The number of aliphatic hydroxyl groups excluding tert-OH is 1. The van der Waals surface area contributed by atoms with Crippen LogP contribution in [0.3, 0.4) is 0 Å². The van der Waals surface area contributed by atoms with Crippen LogP contribution in [0.5, 0.6) is 0 Å². The summed E-state index contributed by atoms with van der Waals surface area (Å²) in [6.45, 7) is 12.6. The van der Waals surface area contributed by atoms with Gasteiger partial charge in [0.25, 0.3) is 0 Å². The van der Waals surface area contributed by atoms with Crippen LogP contribution in [0.4, 0.5) is 0 Å². The molecule has 180 valence electrons. The molecule has 0 saturated heterocycles. The minimum absolute atomic E-state index is 0. The van der Waals surface area contributed by atoms with Gasteiger partial charge in [-0.2, -0.15) is 0 Å². The van der Waals surface area contributed by atoms with E-state index >= 15 is 0 Å². The standard InChI is InChI=1S/C9H20O3.2C6H9O3.Zr/c1-7(2)11-9(5-6-10)12-8(3)4;2*1-2-9-5-6(8)3-4-7;/h7-10H,5-6H2,1-4H3;2*2-3,5H2,1H3;/q;2*-1;+2. The van der Waals surface area contributed by atoms with Crippen molar-refractivity contribution in [1.82, 2.24) is 0 Å². The SMILES string of the molecule is CC(C)OC(CCO)OC(C)C.CCOCC(=O)C[C-]=O.CCOCC(=O)C[C-]=O.[Zr+2]. The first kappa shape index (κ1) is 37.7. The van der Waals surface area contributed by atoms with Crippen molar-refractivity contribution < 1.29 is 69.4 Å². The molecule has 31 heavy (non-hydrogen) atoms. The molecule has 0 aromatic heterocycles. The fourth-order valence-corrected chi connectivity index (χ4v) is 1.58. The second-order valence-corrected chi connectivity index (χ2v) is 6.31. The third-order valence-electron chi connectivity index (χ3n) is 2.69. The summed E-state index contributed by atoms with van der Waals surface area (Å²) in [5.41, 5.74) is 0. The van der Waals surface area contributed by atoms with Crippen LogP contribution in [0.15, 0.2) is 0 Å². The number of hydrogen-bond donors (Lipinski definition) is 1. The Labute approximate surface area is 205 Å². The average molecular weight is 526 g/mol. The molecule has 0 aliphatic heterocycles. The molecule has 10 heteroatoms. The number of Topliss-reactive ketones (excluding diaryl/α,β-unsaturated/α-hetero) is 2. The van der Waals surface area contributed by atoms with Gasteiger partial charge in [0.2, 0.25) is 0 Å². The molecular weight excluding hydrogens is 487 g/mol. The predicted octanol–water partition coefficient (Wildman–Crippen LogP) is 1.73. The normalized spacial score (nSPS) is 9.87. The number of carbonyl (C=O) groups excluding carboxylic acids is 4. The van der Waals surface area contributed by atoms with Crippen molar-refractivity contribution in [3.63, 3.8) is 0 Å². The van der Waals surface area contributed by atoms with Gasteiger partial charge in [0.1, 0.15) is 24.8 Å². The molecule has 0 aliphatic carbocycles. The minimum atomic E-state index is -0.269. The molecule has 0 rings (SSSR count). The Balaban J connectivity index is -0.000000176. The monoisotopic (exact) mass is 524 g/mol. The topological polar surface area (TPSA) is 125 Å². The first-order valence-corrected chi connectivity index (χ1v) is 9.98. The van der Waals surface area contributed by atoms with Gasteiger partial charge >= 0.3 is 26.2 Å². The summed E-state index contributed by atoms with van der Waals surface area (Å²) in [7, 11) is 0. The number of carbonyl (C=O) groups is 2. The van der Waals surface area contributed by atoms with Gasteiger partial charge in [-0.05, 0) is 41.5 Å². The molecular formula is C21H38O9Zr. The van der Waals surface area contributed by atoms with Gasteiger partial charge < -0.3 is 33.6 Å². The first-order valence-electron chi connectivity index (χ1n) is 9.98. The Morgan fingerprint density at radius 1 is 0.806 bits per heavy atom. The summed E-state index contributed by atoms with van der Waals surface area (Å²) >= 11 is 0. The molecule has 9 nitrogen and oxygen atoms in total. The summed E-state index contributed by atoms with van der Waals surface area (Å²) in [6.07, 6.45) is 3.24. The summed E-state index contributed by atoms with van der Waals surface area (Å²) in [5, 5.41) is 8.70. The Kier molecular flexibility index (Phi) is 35.7. The van der Waals surface area contributed by atoms with Crippen molar-refractivity contribution in [3.8, 4) is 0 Å². The van der Waals surface area contributed by atoms with E-state index in [1.165, 1.54) is 12.6 Å². The fourth-order valence-electron chi connectivity index (χ4n) is 1.58. The summed E-state index contributed by atoms with van der Waals surface area (Å²) < 4.78 is 20.3. The van der Waals surface area contributed by atoms with Crippen LogP contribution in [0.25, 0.3) is 0 Å². The Morgan fingerprint density at radius 2 is 1.16 bits per heavy atom. The molecule has 0 aliphatic rings. The Morgan fingerprint density at radius 3 is 1.39 bits per heavy atom. The van der Waals surface area contributed by atoms with E-state index in [-0.39, 0.29) is 88.9 Å². The number of rotatable bonds is 16. The van der Waals surface area contributed by atoms with Crippen LogP contribution in [-0.4, -0.2) is 80.8 Å². The van der Waals surface area contributed by atoms with E-state index in [4.69, 9.17) is 24.1 Å². The van der Waals surface area contributed by atoms with E-state index in [2.05, 4.69) is 0 Å². The minimum Gasteiger partial charge on any atom is -0.541 e. The average Bonchev–Trinajstić information content (AvgIpc) is 2.65. The van der Waals surface area contributed by atoms with E-state index in [9.17, 15) is 19.2 Å². The fraction of sp³-hybridized carbons (Fsp3) is 0.810. The summed E-state index contributed by atoms with van der Waals surface area (Å²) in [6, 6.07) is 0. The largest absolute Gasteiger partial charge is 2.00 e. The van der Waals surface area contributed by atoms with Crippen molar-refractivity contribution >= 4 is 24.1 Å². The number of ether oxygens (including phenoxy) is 4. The van der Waals surface area contributed by atoms with Crippen LogP contribution < -0.4 is 0 Å². The zero-order valence-electron chi connectivity index (χ0n) is 19.6. The van der Waals surface area contributed by atoms with Gasteiger partial charge in [0, 0.05) is 26.2 Å². The van der Waals surface area contributed by atoms with Crippen LogP contribution in [0.2, 0.25) is 0 Å². The van der Waals surface area contributed by atoms with Crippen molar-refractivity contribution in [2.75, 3.05) is 33.0 Å². The molecule has 1 N–H and O–H groups in total. The van der Waals surface area contributed by atoms with E-state index in [1.807, 2.05) is 27.7 Å². The Bertz CT molecular complexity index is 393. The molecule has 0 spiro atoms. The van der Waals surface area contributed by atoms with Crippen LogP contribution >= 0.6 is 0 Å². The van der Waals surface area contributed by atoms with Crippen LogP contribution in [0.1, 0.15) is 60.8 Å². The Hall–Kier alpha value is -0.637. The van der Waals surface area contributed by atoms with E-state index in [0.717, 1.165) is 0 Å². The van der Waals surface area contributed by atoms with Gasteiger partial charge in [0.05, 0.1) is 12.2 Å². The van der Waals surface area contributed by atoms with E-state index < -0.39 is 0 Å². The third kappa shape index (κ3) is 37.0. The molecule has 0 saturated carbocycles. The number of hydrogen-bond acceptors (Lipinski definition) is 9. The third-order valence-corrected chi connectivity index (χ3v) is 2.69. The molecule has 0 unspecified atom stereocenters. The van der Waals surface area contributed by atoms with E-state index in [1.54, 1.807) is 13.8 Å². The molecule has 0 aromatic rings. The molecule has 0 amide bonds. The quantitative estimate of drug-likeness (QED) is 0.182. The van der Waals surface area contributed by atoms with Gasteiger partial charge in [-0.3, -0.25) is 22.2 Å². The van der Waals surface area contributed by atoms with E-state index in [0.29, 0.717) is 19.6 Å². The summed E-state index contributed by atoms with van der Waals surface area (Å²) in [5.74, 6) is -0.432. The zero-order chi connectivity index (χ0) is 23.8. The molecule has 0 radical (unpaired) electrons. The molecule has 0 atom stereocenters. The van der Waals surface area contributed by atoms with Gasteiger partial charge in [-0.15, -0.1) is 0 Å². The van der Waals surface area contributed by atoms with Crippen molar-refractivity contribution in [2.45, 2.75) is 79.3 Å². The van der Waals surface area contributed by atoms with Gasteiger partial charge in [-0.1, -0.05) is 12.8 Å². The number of ketones is 2. The predicted molar refractivity (Wildman–Crippen MR) is 112 cm³/mol. The summed E-state index contributed by atoms with van der Waals surface area (Å²) in [4.78, 5) is 40.0. The van der Waals surface area contributed by atoms with Crippen molar-refractivity contribution in [1.29, 1.82) is 0 Å². The molecule has 0 aromatic carbocycles. The molecule has 0 fully saturated rings. The zero-order valence-corrected chi connectivity index (χ0v) is 22.1. The van der Waals surface area contributed by atoms with Gasteiger partial charge in [0.15, 0.2) is 6.29 Å². The van der Waals surface area contributed by atoms with Crippen LogP contribution in [0, 0.1) is 0 Å². The van der Waals surface area contributed by atoms with Crippen LogP contribution in [-0.2, 0) is 64.3 Å². The van der Waals surface area contributed by atoms with Crippen molar-refractivity contribution in [2.24, 2.45) is 0 Å². The van der Waals surface area contributed by atoms with Crippen molar-refractivity contribution in [3.05, 3.63) is 0 Å². The maximum atomic E-state index is 10.4. The van der Waals surface area contributed by atoms with Gasteiger partial charge in [-0.25, -0.2) is 0 Å². The second kappa shape index (κ2) is 29.4. The maximum absolute atomic E-state index is 10.4. The molecule has 0 heterocycles. The maximum Gasteiger partial charge on any atom is 2.00 e.